The Hall–Kier alpha value is -5.40. The molecule has 6 nitrogen and oxygen atoms in total. The van der Waals surface area contributed by atoms with Crippen LogP contribution in [0.4, 0.5) is 11.4 Å². The highest BCUT2D eigenvalue weighted by Crippen LogP contribution is 2.37. The van der Waals surface area contributed by atoms with Gasteiger partial charge in [-0.2, -0.15) is 0 Å². The number of rotatable bonds is 11. The Kier molecular flexibility index (Phi) is 11.0. The average Bonchev–Trinajstić information content (AvgIpc) is 3.09. The minimum atomic E-state index is -0.502. The van der Waals surface area contributed by atoms with Gasteiger partial charge in [0.15, 0.2) is 0 Å². The lowest BCUT2D eigenvalue weighted by molar-refractivity contribution is -0.116. The van der Waals surface area contributed by atoms with Crippen molar-refractivity contribution in [2.75, 3.05) is 10.6 Å². The van der Waals surface area contributed by atoms with E-state index in [-0.39, 0.29) is 17.5 Å². The number of carbonyl (C=O) groups is 3. The minimum Gasteiger partial charge on any atom is -0.324 e. The first kappa shape index (κ1) is 33.0. The lowest BCUT2D eigenvalue weighted by Crippen LogP contribution is -2.30. The van der Waals surface area contributed by atoms with Crippen LogP contribution in [0.2, 0.25) is 0 Å². The summed E-state index contributed by atoms with van der Waals surface area (Å²) in [5.41, 5.74) is 6.79. The highest BCUT2D eigenvalue weighted by Gasteiger charge is 2.24. The van der Waals surface area contributed by atoms with Crippen molar-refractivity contribution in [1.82, 2.24) is 5.32 Å². The van der Waals surface area contributed by atoms with Gasteiger partial charge in [-0.05, 0) is 85.0 Å². The zero-order valence-corrected chi connectivity index (χ0v) is 27.4. The van der Waals surface area contributed by atoms with Gasteiger partial charge in [0.1, 0.15) is 10.9 Å². The Balaban J connectivity index is 1.34. The highest BCUT2D eigenvalue weighted by atomic mass is 32.2. The number of thioether (sulfide) groups is 1. The lowest BCUT2D eigenvalue weighted by Gasteiger charge is -2.20. The first-order valence-corrected chi connectivity index (χ1v) is 16.4. The molecule has 3 N–H and O–H groups in total. The molecule has 0 aliphatic carbocycles. The molecule has 3 amide bonds. The van der Waals surface area contributed by atoms with Crippen molar-refractivity contribution < 1.29 is 14.4 Å². The van der Waals surface area contributed by atoms with Crippen LogP contribution >= 0.6 is 11.8 Å². The predicted molar refractivity (Wildman–Crippen MR) is 192 cm³/mol. The van der Waals surface area contributed by atoms with Gasteiger partial charge >= 0.3 is 0 Å². The van der Waals surface area contributed by atoms with E-state index in [1.54, 1.807) is 42.5 Å². The number of aryl methyl sites for hydroxylation is 3. The SMILES string of the molecule is CCc1cccc(C)c1NC(=O)C(Sc1ccc(NC(=O)/C(=C/c2cccc(C)c2)NC(=O)c2ccccc2)cc1)c1ccccc1. The second-order valence-electron chi connectivity index (χ2n) is 11.1. The van der Waals surface area contributed by atoms with Gasteiger partial charge in [-0.3, -0.25) is 14.4 Å². The number of hydrogen-bond donors (Lipinski definition) is 3. The average molecular weight is 640 g/mol. The van der Waals surface area contributed by atoms with E-state index in [0.29, 0.717) is 11.3 Å². The number of amides is 3. The lowest BCUT2D eigenvalue weighted by atomic mass is 10.1. The summed E-state index contributed by atoms with van der Waals surface area (Å²) in [5, 5.41) is 8.38. The summed E-state index contributed by atoms with van der Waals surface area (Å²) in [5.74, 6) is -0.946. The van der Waals surface area contributed by atoms with Crippen LogP contribution in [0.15, 0.2) is 138 Å². The third-order valence-electron chi connectivity index (χ3n) is 7.58. The van der Waals surface area contributed by atoms with E-state index in [1.165, 1.54) is 11.8 Å². The van der Waals surface area contributed by atoms with Gasteiger partial charge in [-0.15, -0.1) is 11.8 Å². The minimum absolute atomic E-state index is 0.109. The fraction of sp³-hybridized carbons (Fsp3) is 0.125. The van der Waals surface area contributed by atoms with Crippen molar-refractivity contribution in [2.45, 2.75) is 37.3 Å². The Morgan fingerprint density at radius 1 is 0.745 bits per heavy atom. The van der Waals surface area contributed by atoms with Crippen LogP contribution in [0.3, 0.4) is 0 Å². The first-order chi connectivity index (χ1) is 22.8. The van der Waals surface area contributed by atoms with Crippen LogP contribution in [0.25, 0.3) is 6.08 Å². The summed E-state index contributed by atoms with van der Waals surface area (Å²) in [6.07, 6.45) is 2.47. The maximum atomic E-state index is 13.8. The normalized spacial score (nSPS) is 11.8. The van der Waals surface area contributed by atoms with Crippen molar-refractivity contribution in [1.29, 1.82) is 0 Å². The summed E-state index contributed by atoms with van der Waals surface area (Å²) in [7, 11) is 0. The Bertz CT molecular complexity index is 1890. The fourth-order valence-electron chi connectivity index (χ4n) is 5.11. The fourth-order valence-corrected chi connectivity index (χ4v) is 6.14. The maximum absolute atomic E-state index is 13.8. The molecule has 0 spiro atoms. The highest BCUT2D eigenvalue weighted by molar-refractivity contribution is 8.00. The number of nitrogens with one attached hydrogen (secondary N) is 3. The van der Waals surface area contributed by atoms with E-state index in [9.17, 15) is 14.4 Å². The van der Waals surface area contributed by atoms with Crippen molar-refractivity contribution in [3.05, 3.63) is 166 Å². The molecule has 236 valence electrons. The number of carbonyl (C=O) groups excluding carboxylic acids is 3. The molecule has 0 fully saturated rings. The standard InChI is InChI=1S/C40H37N3O3S/c1-4-30-20-12-14-28(3)36(30)43-40(46)37(31-16-7-5-8-17-31)47-34-23-21-33(22-24-34)41-39(45)35(26-29-15-11-13-27(2)25-29)42-38(44)32-18-9-6-10-19-32/h5-26,37H,4H2,1-3H3,(H,41,45)(H,42,44)(H,43,46)/b35-26-. The van der Waals surface area contributed by atoms with Crippen molar-refractivity contribution in [3.63, 3.8) is 0 Å². The largest absolute Gasteiger partial charge is 0.324 e. The number of hydrogen-bond acceptors (Lipinski definition) is 4. The molecule has 5 aromatic carbocycles. The molecule has 0 heterocycles. The van der Waals surface area contributed by atoms with Gasteiger partial charge in [0.2, 0.25) is 5.91 Å². The van der Waals surface area contributed by atoms with Crippen LogP contribution in [0, 0.1) is 13.8 Å². The number of benzene rings is 5. The van der Waals surface area contributed by atoms with E-state index >= 15 is 0 Å². The van der Waals surface area contributed by atoms with Crippen molar-refractivity contribution in [2.24, 2.45) is 0 Å². The van der Waals surface area contributed by atoms with Gasteiger partial charge in [0.05, 0.1) is 0 Å². The van der Waals surface area contributed by atoms with Crippen molar-refractivity contribution in [3.8, 4) is 0 Å². The monoisotopic (exact) mass is 639 g/mol. The smallest absolute Gasteiger partial charge is 0.272 e. The van der Waals surface area contributed by atoms with Crippen LogP contribution < -0.4 is 16.0 Å². The summed E-state index contributed by atoms with van der Waals surface area (Å²) < 4.78 is 0. The third-order valence-corrected chi connectivity index (χ3v) is 8.84. The molecule has 7 heteroatoms. The van der Waals surface area contributed by atoms with Gasteiger partial charge in [-0.1, -0.05) is 103 Å². The Morgan fingerprint density at radius 2 is 1.43 bits per heavy atom. The molecule has 1 unspecified atom stereocenters. The molecule has 5 rings (SSSR count). The van der Waals surface area contributed by atoms with Crippen LogP contribution in [0.1, 0.15) is 50.3 Å². The Morgan fingerprint density at radius 3 is 2.11 bits per heavy atom. The van der Waals surface area contributed by atoms with Gasteiger partial charge in [0, 0.05) is 21.8 Å². The first-order valence-electron chi connectivity index (χ1n) is 15.5. The Labute approximate surface area is 280 Å². The second kappa shape index (κ2) is 15.7. The molecular weight excluding hydrogens is 603 g/mol. The number of para-hydroxylation sites is 1. The molecule has 0 radical (unpaired) electrons. The maximum Gasteiger partial charge on any atom is 0.272 e. The van der Waals surface area contributed by atoms with Gasteiger partial charge < -0.3 is 16.0 Å². The molecule has 0 aromatic heterocycles. The summed E-state index contributed by atoms with van der Waals surface area (Å²) in [6.45, 7) is 6.05. The third kappa shape index (κ3) is 8.87. The molecule has 0 aliphatic heterocycles. The molecule has 47 heavy (non-hydrogen) atoms. The quantitative estimate of drug-likeness (QED) is 0.0996. The zero-order chi connectivity index (χ0) is 33.2. The topological polar surface area (TPSA) is 87.3 Å². The van der Waals surface area contributed by atoms with E-state index in [4.69, 9.17) is 0 Å². The molecule has 0 aliphatic rings. The second-order valence-corrected chi connectivity index (χ2v) is 12.3. The molecule has 0 saturated carbocycles. The molecular formula is C40H37N3O3S. The molecule has 0 saturated heterocycles. The zero-order valence-electron chi connectivity index (χ0n) is 26.6. The predicted octanol–water partition coefficient (Wildman–Crippen LogP) is 8.75. The number of anilines is 2. The van der Waals surface area contributed by atoms with Crippen LogP contribution in [-0.4, -0.2) is 17.7 Å². The summed E-state index contributed by atoms with van der Waals surface area (Å²) >= 11 is 1.44. The molecule has 1 atom stereocenters. The van der Waals surface area contributed by atoms with E-state index in [2.05, 4.69) is 22.9 Å². The van der Waals surface area contributed by atoms with Gasteiger partial charge in [0.25, 0.3) is 11.8 Å². The van der Waals surface area contributed by atoms with E-state index in [1.807, 2.05) is 105 Å². The van der Waals surface area contributed by atoms with Gasteiger partial charge in [-0.25, -0.2) is 0 Å². The van der Waals surface area contributed by atoms with E-state index in [0.717, 1.165) is 44.8 Å². The van der Waals surface area contributed by atoms with Crippen LogP contribution in [-0.2, 0) is 16.0 Å². The van der Waals surface area contributed by atoms with Crippen LogP contribution in [0.5, 0.6) is 0 Å². The van der Waals surface area contributed by atoms with Crippen molar-refractivity contribution >= 4 is 46.9 Å². The summed E-state index contributed by atoms with van der Waals surface area (Å²) in [4.78, 5) is 41.1. The molecule has 0 bridgehead atoms. The molecule has 5 aromatic rings. The van der Waals surface area contributed by atoms with E-state index < -0.39 is 11.2 Å². The summed E-state index contributed by atoms with van der Waals surface area (Å²) in [6, 6.07) is 39.5.